The van der Waals surface area contributed by atoms with Gasteiger partial charge in [0.2, 0.25) is 5.88 Å². The number of benzene rings is 1. The molecule has 2 aromatic heterocycles. The molecule has 14 heteroatoms. The molecule has 3 aromatic rings. The number of aliphatic imine (C=N–C) groups is 1. The number of hydrogen-bond acceptors (Lipinski definition) is 10. The molecule has 4 N–H and O–H groups in total. The van der Waals surface area contributed by atoms with Gasteiger partial charge in [0.1, 0.15) is 29.4 Å². The first-order chi connectivity index (χ1) is 25.5. The highest BCUT2D eigenvalue weighted by Gasteiger charge is 2.51. The molecule has 0 unspecified atom stereocenters. The van der Waals surface area contributed by atoms with Crippen molar-refractivity contribution in [3.05, 3.63) is 34.2 Å². The lowest BCUT2D eigenvalue weighted by Gasteiger charge is -2.53. The molecular weight excluding hydrogens is 701 g/mol. The summed E-state index contributed by atoms with van der Waals surface area (Å²) in [6, 6.07) is 2.99. The molecule has 0 radical (unpaired) electrons. The Morgan fingerprint density at radius 3 is 2.70 bits per heavy atom. The van der Waals surface area contributed by atoms with Crippen LogP contribution in [0.15, 0.2) is 17.3 Å². The predicted molar refractivity (Wildman–Crippen MR) is 202 cm³/mol. The lowest BCUT2D eigenvalue weighted by molar-refractivity contribution is -0.144. The van der Waals surface area contributed by atoms with Crippen LogP contribution < -0.4 is 10.5 Å². The average Bonchev–Trinajstić information content (AvgIpc) is 3.74. The second kappa shape index (κ2) is 14.5. The van der Waals surface area contributed by atoms with Crippen molar-refractivity contribution in [1.82, 2.24) is 25.0 Å². The number of piperidine rings is 1. The van der Waals surface area contributed by atoms with E-state index >= 15 is 4.39 Å². The van der Waals surface area contributed by atoms with Crippen LogP contribution in [0.4, 0.5) is 10.1 Å². The number of rotatable bonds is 8. The van der Waals surface area contributed by atoms with Crippen LogP contribution in [0, 0.1) is 23.6 Å². The summed E-state index contributed by atoms with van der Waals surface area (Å²) in [4.78, 5) is 14.3. The standard InChI is InChI=1S/C39H53ClFN7O5/c1-24-16-27-26(17-44-46-27)29(31(24)40)34-32(41)33(42)30(36(45-34)50-3)35(47-14-15-51-19-37(2,49)18-47)43-23-53-22-39-9-4-6-28(39)48(13-5-10-39)25-7-11-38(12-8-25)20-52-21-38/h16-17,25,28,49H,4-15,18-23H2,1-3H3,(H2,42,45)(H,44,46)/b43-35+/t28-,37+,39-/m1/s1. The second-order valence-electron chi connectivity index (χ2n) is 16.6. The number of H-pyrrole nitrogens is 1. The Labute approximate surface area is 315 Å². The first-order valence-electron chi connectivity index (χ1n) is 19.2. The van der Waals surface area contributed by atoms with Gasteiger partial charge in [0.15, 0.2) is 5.82 Å². The van der Waals surface area contributed by atoms with E-state index in [4.69, 9.17) is 41.3 Å². The van der Waals surface area contributed by atoms with Gasteiger partial charge in [-0.3, -0.25) is 10.00 Å². The Balaban J connectivity index is 1.09. The number of aromatic amines is 1. The van der Waals surface area contributed by atoms with Crippen molar-refractivity contribution >= 4 is 34.0 Å². The van der Waals surface area contributed by atoms with Crippen LogP contribution in [0.1, 0.15) is 75.8 Å². The summed E-state index contributed by atoms with van der Waals surface area (Å²) in [7, 11) is 1.47. The first-order valence-corrected chi connectivity index (χ1v) is 19.6. The van der Waals surface area contributed by atoms with Crippen LogP contribution in [0.2, 0.25) is 5.02 Å². The monoisotopic (exact) mass is 753 g/mol. The summed E-state index contributed by atoms with van der Waals surface area (Å²) in [5.74, 6) is -0.346. The number of anilines is 1. The Bertz CT molecular complexity index is 1860. The number of fused-ring (bicyclic) bond motifs is 2. The summed E-state index contributed by atoms with van der Waals surface area (Å²) < 4.78 is 40.4. The fraction of sp³-hybridized carbons (Fsp3) is 0.667. The number of methoxy groups -OCH3 is 1. The molecule has 288 valence electrons. The molecule has 8 rings (SSSR count). The highest BCUT2D eigenvalue weighted by Crippen LogP contribution is 2.51. The predicted octanol–water partition coefficient (Wildman–Crippen LogP) is 5.71. The van der Waals surface area contributed by atoms with E-state index < -0.39 is 11.4 Å². The van der Waals surface area contributed by atoms with E-state index in [0.29, 0.717) is 64.6 Å². The molecular formula is C39H53ClFN7O5. The largest absolute Gasteiger partial charge is 0.480 e. The molecule has 1 spiro atoms. The number of aromatic nitrogens is 3. The summed E-state index contributed by atoms with van der Waals surface area (Å²) in [6.45, 7) is 8.24. The van der Waals surface area contributed by atoms with Crippen molar-refractivity contribution in [3.8, 4) is 17.1 Å². The highest BCUT2D eigenvalue weighted by atomic mass is 35.5. The van der Waals surface area contributed by atoms with Gasteiger partial charge in [-0.05, 0) is 83.4 Å². The summed E-state index contributed by atoms with van der Waals surface area (Å²) in [5, 5.41) is 19.2. The van der Waals surface area contributed by atoms with Crippen molar-refractivity contribution in [2.75, 3.05) is 72.2 Å². The number of aliphatic hydroxyl groups is 1. The van der Waals surface area contributed by atoms with Crippen LogP contribution in [0.5, 0.6) is 5.88 Å². The third-order valence-electron chi connectivity index (χ3n) is 12.8. The summed E-state index contributed by atoms with van der Waals surface area (Å²) in [5.41, 5.74) is 7.78. The number of halogens is 2. The van der Waals surface area contributed by atoms with E-state index in [9.17, 15) is 5.11 Å². The Morgan fingerprint density at radius 1 is 1.15 bits per heavy atom. The maximum absolute atomic E-state index is 16.7. The maximum atomic E-state index is 16.7. The van der Waals surface area contributed by atoms with E-state index in [0.717, 1.165) is 38.2 Å². The van der Waals surface area contributed by atoms with Gasteiger partial charge in [0, 0.05) is 40.4 Å². The van der Waals surface area contributed by atoms with Gasteiger partial charge >= 0.3 is 0 Å². The third-order valence-corrected chi connectivity index (χ3v) is 13.2. The van der Waals surface area contributed by atoms with Gasteiger partial charge in [-0.2, -0.15) is 5.10 Å². The molecule has 0 amide bonds. The molecule has 3 saturated heterocycles. The van der Waals surface area contributed by atoms with Crippen molar-refractivity contribution < 1.29 is 28.4 Å². The molecule has 5 heterocycles. The Hall–Kier alpha value is -3.07. The maximum Gasteiger partial charge on any atom is 0.227 e. The molecule has 12 nitrogen and oxygen atoms in total. The van der Waals surface area contributed by atoms with E-state index in [-0.39, 0.29) is 48.1 Å². The minimum Gasteiger partial charge on any atom is -0.480 e. The molecule has 1 aromatic carbocycles. The van der Waals surface area contributed by atoms with Crippen LogP contribution in [-0.4, -0.2) is 120 Å². The zero-order valence-corrected chi connectivity index (χ0v) is 31.9. The third kappa shape index (κ3) is 6.80. The first kappa shape index (κ1) is 36.9. The molecule has 0 bridgehead atoms. The number of nitrogen functional groups attached to an aromatic ring is 1. The van der Waals surface area contributed by atoms with Crippen molar-refractivity contribution in [3.63, 3.8) is 0 Å². The number of hydrogen-bond donors (Lipinski definition) is 3. The lowest BCUT2D eigenvalue weighted by Crippen LogP contribution is -2.57. The molecule has 2 aliphatic carbocycles. The zero-order chi connectivity index (χ0) is 37.0. The van der Waals surface area contributed by atoms with Crippen LogP contribution in [0.25, 0.3) is 22.2 Å². The summed E-state index contributed by atoms with van der Waals surface area (Å²) >= 11 is 6.79. The van der Waals surface area contributed by atoms with Crippen LogP contribution >= 0.6 is 11.6 Å². The second-order valence-corrected chi connectivity index (χ2v) is 16.9. The topological polar surface area (TPSA) is 144 Å². The SMILES string of the molecule is COc1nc(-c2c(Cl)c(C)cc3[nH]ncc23)c(F)c(N)c1/C(=N\COC[C@]12CCC[C@H]1N(C1CCC3(CC1)COC3)CCC2)N1CCOC[C@@](C)(O)C1. The van der Waals surface area contributed by atoms with Gasteiger partial charge in [-0.15, -0.1) is 0 Å². The van der Waals surface area contributed by atoms with E-state index in [2.05, 4.69) is 20.1 Å². The van der Waals surface area contributed by atoms with Crippen LogP contribution in [0.3, 0.4) is 0 Å². The summed E-state index contributed by atoms with van der Waals surface area (Å²) in [6.07, 6.45) is 12.5. The Morgan fingerprint density at radius 2 is 1.94 bits per heavy atom. The van der Waals surface area contributed by atoms with E-state index in [1.807, 2.05) is 17.9 Å². The molecule has 2 saturated carbocycles. The lowest BCUT2D eigenvalue weighted by atomic mass is 9.69. The van der Waals surface area contributed by atoms with Gasteiger partial charge in [-0.1, -0.05) is 18.0 Å². The van der Waals surface area contributed by atoms with Gasteiger partial charge in [-0.25, -0.2) is 14.4 Å². The Kier molecular flexibility index (Phi) is 10.1. The quantitative estimate of drug-likeness (QED) is 0.149. The minimum absolute atomic E-state index is 0.0283. The number of nitrogens with one attached hydrogen (secondary N) is 1. The normalized spacial score (nSPS) is 28.3. The number of pyridine rings is 1. The number of nitrogens with two attached hydrogens (primary N) is 1. The van der Waals surface area contributed by atoms with Crippen molar-refractivity contribution in [2.45, 2.75) is 89.3 Å². The minimum atomic E-state index is -1.19. The highest BCUT2D eigenvalue weighted by molar-refractivity contribution is 6.35. The van der Waals surface area contributed by atoms with Gasteiger partial charge < -0.3 is 34.7 Å². The van der Waals surface area contributed by atoms with E-state index in [1.165, 1.54) is 52.1 Å². The van der Waals surface area contributed by atoms with Crippen LogP contribution in [-0.2, 0) is 14.2 Å². The molecule has 3 atom stereocenters. The number of ether oxygens (including phenoxy) is 4. The molecule has 5 fully saturated rings. The fourth-order valence-corrected chi connectivity index (χ4v) is 10.2. The average molecular weight is 754 g/mol. The number of amidine groups is 1. The zero-order valence-electron chi connectivity index (χ0n) is 31.2. The number of β-amino-alcohol motifs (C(OH)–C–C–N with tert-alkyl or cyclic N) is 1. The number of aryl methyl sites for hydroxylation is 1. The number of nitrogens with zero attached hydrogens (tertiary/aromatic N) is 5. The molecule has 5 aliphatic rings. The fourth-order valence-electron chi connectivity index (χ4n) is 10.00. The number of likely N-dealkylation sites (tertiary alicyclic amines) is 1. The van der Waals surface area contributed by atoms with Gasteiger partial charge in [0.25, 0.3) is 0 Å². The van der Waals surface area contributed by atoms with Crippen molar-refractivity contribution in [2.24, 2.45) is 15.8 Å². The molecule has 3 aliphatic heterocycles. The van der Waals surface area contributed by atoms with Crippen molar-refractivity contribution in [1.29, 1.82) is 0 Å². The van der Waals surface area contributed by atoms with E-state index in [1.54, 1.807) is 13.1 Å². The smallest absolute Gasteiger partial charge is 0.227 e. The molecule has 53 heavy (non-hydrogen) atoms. The van der Waals surface area contributed by atoms with Gasteiger partial charge in [0.05, 0.1) is 69.1 Å².